The summed E-state index contributed by atoms with van der Waals surface area (Å²) in [5.74, 6) is -0.282. The third-order valence-corrected chi connectivity index (χ3v) is 2.93. The summed E-state index contributed by atoms with van der Waals surface area (Å²) in [6.45, 7) is 6.38. The van der Waals surface area contributed by atoms with E-state index in [-0.39, 0.29) is 5.97 Å². The first-order valence-corrected chi connectivity index (χ1v) is 7.55. The fourth-order valence-corrected chi connectivity index (χ4v) is 1.89. The standard InChI is InChI=1S/C15H32N2O2/c1-15(2,3)19-14(18)13(17)11-9-7-5-4-6-8-10-12-16/h13H,4-12,16-17H2,1-3H3/t13-/m1/s1. The van der Waals surface area contributed by atoms with Gasteiger partial charge in [-0.05, 0) is 40.2 Å². The van der Waals surface area contributed by atoms with E-state index < -0.39 is 11.6 Å². The molecule has 0 aliphatic carbocycles. The highest BCUT2D eigenvalue weighted by molar-refractivity contribution is 5.75. The van der Waals surface area contributed by atoms with Crippen molar-refractivity contribution in [3.63, 3.8) is 0 Å². The second-order valence-electron chi connectivity index (χ2n) is 6.19. The monoisotopic (exact) mass is 272 g/mol. The van der Waals surface area contributed by atoms with E-state index in [0.717, 1.165) is 32.2 Å². The van der Waals surface area contributed by atoms with Gasteiger partial charge in [-0.3, -0.25) is 4.79 Å². The van der Waals surface area contributed by atoms with E-state index in [1.165, 1.54) is 25.7 Å². The van der Waals surface area contributed by atoms with Crippen molar-refractivity contribution in [1.82, 2.24) is 0 Å². The molecule has 0 spiro atoms. The molecule has 114 valence electrons. The van der Waals surface area contributed by atoms with Crippen molar-refractivity contribution in [3.05, 3.63) is 0 Å². The van der Waals surface area contributed by atoms with E-state index in [4.69, 9.17) is 16.2 Å². The molecule has 0 unspecified atom stereocenters. The van der Waals surface area contributed by atoms with E-state index in [9.17, 15) is 4.79 Å². The lowest BCUT2D eigenvalue weighted by Crippen LogP contribution is -2.37. The van der Waals surface area contributed by atoms with Gasteiger partial charge in [0.1, 0.15) is 11.6 Å². The summed E-state index contributed by atoms with van der Waals surface area (Å²) < 4.78 is 5.25. The Balaban J connectivity index is 3.48. The summed E-state index contributed by atoms with van der Waals surface area (Å²) in [6, 6.07) is -0.475. The summed E-state index contributed by atoms with van der Waals surface area (Å²) in [6.07, 6.45) is 8.94. The van der Waals surface area contributed by atoms with Crippen molar-refractivity contribution in [3.8, 4) is 0 Å². The molecule has 0 bridgehead atoms. The number of hydrogen-bond acceptors (Lipinski definition) is 4. The Kier molecular flexibility index (Phi) is 9.88. The normalized spacial score (nSPS) is 13.3. The molecule has 1 atom stereocenters. The second kappa shape index (κ2) is 10.2. The van der Waals surface area contributed by atoms with Crippen LogP contribution in [0.5, 0.6) is 0 Å². The van der Waals surface area contributed by atoms with Gasteiger partial charge < -0.3 is 16.2 Å². The smallest absolute Gasteiger partial charge is 0.323 e. The summed E-state index contributed by atoms with van der Waals surface area (Å²) >= 11 is 0. The first-order chi connectivity index (χ1) is 8.87. The second-order valence-corrected chi connectivity index (χ2v) is 6.19. The molecule has 0 aliphatic rings. The molecule has 0 saturated carbocycles. The molecule has 0 rings (SSSR count). The van der Waals surface area contributed by atoms with Gasteiger partial charge in [-0.25, -0.2) is 0 Å². The Morgan fingerprint density at radius 1 is 1.00 bits per heavy atom. The van der Waals surface area contributed by atoms with Crippen molar-refractivity contribution < 1.29 is 9.53 Å². The quantitative estimate of drug-likeness (QED) is 0.473. The maximum absolute atomic E-state index is 11.6. The molecule has 19 heavy (non-hydrogen) atoms. The number of rotatable bonds is 10. The van der Waals surface area contributed by atoms with Gasteiger partial charge in [0, 0.05) is 0 Å². The Morgan fingerprint density at radius 3 is 1.95 bits per heavy atom. The van der Waals surface area contributed by atoms with Crippen LogP contribution in [0.25, 0.3) is 0 Å². The Hall–Kier alpha value is -0.610. The number of hydrogen-bond donors (Lipinski definition) is 2. The van der Waals surface area contributed by atoms with Gasteiger partial charge in [0.25, 0.3) is 0 Å². The zero-order chi connectivity index (χ0) is 14.7. The van der Waals surface area contributed by atoms with Crippen molar-refractivity contribution in [2.45, 2.75) is 83.8 Å². The number of carbonyl (C=O) groups is 1. The lowest BCUT2D eigenvalue weighted by Gasteiger charge is -2.22. The summed E-state index contributed by atoms with van der Waals surface area (Å²) in [5.41, 5.74) is 10.8. The minimum absolute atomic E-state index is 0.282. The van der Waals surface area contributed by atoms with Crippen LogP contribution in [-0.4, -0.2) is 24.2 Å². The fourth-order valence-electron chi connectivity index (χ4n) is 1.89. The van der Waals surface area contributed by atoms with Crippen LogP contribution in [0, 0.1) is 0 Å². The van der Waals surface area contributed by atoms with Crippen molar-refractivity contribution >= 4 is 5.97 Å². The first-order valence-electron chi connectivity index (χ1n) is 7.55. The molecule has 0 aromatic carbocycles. The Labute approximate surface area is 118 Å². The van der Waals surface area contributed by atoms with Gasteiger partial charge >= 0.3 is 5.97 Å². The van der Waals surface area contributed by atoms with E-state index in [2.05, 4.69) is 0 Å². The average molecular weight is 272 g/mol. The van der Waals surface area contributed by atoms with Gasteiger partial charge in [-0.1, -0.05) is 38.5 Å². The first kappa shape index (κ1) is 18.4. The van der Waals surface area contributed by atoms with E-state index in [1.54, 1.807) is 0 Å². The molecular formula is C15H32N2O2. The van der Waals surface area contributed by atoms with Crippen molar-refractivity contribution in [2.24, 2.45) is 11.5 Å². The minimum atomic E-state index is -0.475. The highest BCUT2D eigenvalue weighted by atomic mass is 16.6. The molecule has 0 amide bonds. The van der Waals surface area contributed by atoms with Gasteiger partial charge in [-0.2, -0.15) is 0 Å². The molecular weight excluding hydrogens is 240 g/mol. The fraction of sp³-hybridized carbons (Fsp3) is 0.933. The lowest BCUT2D eigenvalue weighted by molar-refractivity contribution is -0.156. The Morgan fingerprint density at radius 2 is 1.47 bits per heavy atom. The zero-order valence-corrected chi connectivity index (χ0v) is 12.9. The van der Waals surface area contributed by atoms with Crippen molar-refractivity contribution in [1.29, 1.82) is 0 Å². The third kappa shape index (κ3) is 12.2. The molecule has 0 aromatic heterocycles. The van der Waals surface area contributed by atoms with Crippen LogP contribution in [0.1, 0.15) is 72.1 Å². The molecule has 4 N–H and O–H groups in total. The van der Waals surface area contributed by atoms with Crippen molar-refractivity contribution in [2.75, 3.05) is 6.54 Å². The maximum Gasteiger partial charge on any atom is 0.323 e. The third-order valence-electron chi connectivity index (χ3n) is 2.93. The van der Waals surface area contributed by atoms with E-state index >= 15 is 0 Å². The summed E-state index contributed by atoms with van der Waals surface area (Å²) in [7, 11) is 0. The van der Waals surface area contributed by atoms with Gasteiger partial charge in [-0.15, -0.1) is 0 Å². The van der Waals surface area contributed by atoms with Crippen LogP contribution >= 0.6 is 0 Å². The maximum atomic E-state index is 11.6. The van der Waals surface area contributed by atoms with Crippen LogP contribution in [0.4, 0.5) is 0 Å². The highest BCUT2D eigenvalue weighted by Crippen LogP contribution is 2.12. The molecule has 0 radical (unpaired) electrons. The molecule has 0 aromatic rings. The SMILES string of the molecule is CC(C)(C)OC(=O)[C@H](N)CCCCCCCCCN. The predicted molar refractivity (Wildman–Crippen MR) is 79.8 cm³/mol. The molecule has 4 heteroatoms. The molecule has 0 fully saturated rings. The van der Waals surface area contributed by atoms with Crippen LogP contribution in [0.3, 0.4) is 0 Å². The number of unbranched alkanes of at least 4 members (excludes halogenated alkanes) is 6. The molecule has 0 saturated heterocycles. The lowest BCUT2D eigenvalue weighted by atomic mass is 10.1. The number of esters is 1. The van der Waals surface area contributed by atoms with Crippen LogP contribution in [0.2, 0.25) is 0 Å². The van der Waals surface area contributed by atoms with Crippen LogP contribution in [-0.2, 0) is 9.53 Å². The van der Waals surface area contributed by atoms with Gasteiger partial charge in [0.15, 0.2) is 0 Å². The average Bonchev–Trinajstić information content (AvgIpc) is 2.30. The minimum Gasteiger partial charge on any atom is -0.459 e. The molecule has 0 aliphatic heterocycles. The zero-order valence-electron chi connectivity index (χ0n) is 12.9. The van der Waals surface area contributed by atoms with Crippen LogP contribution < -0.4 is 11.5 Å². The predicted octanol–water partition coefficient (Wildman–Crippen LogP) is 2.73. The van der Waals surface area contributed by atoms with Gasteiger partial charge in [0.05, 0.1) is 0 Å². The molecule has 0 heterocycles. The molecule has 4 nitrogen and oxygen atoms in total. The highest BCUT2D eigenvalue weighted by Gasteiger charge is 2.21. The topological polar surface area (TPSA) is 78.3 Å². The van der Waals surface area contributed by atoms with E-state index in [0.29, 0.717) is 0 Å². The number of carbonyl (C=O) groups excluding carboxylic acids is 1. The number of ether oxygens (including phenoxy) is 1. The summed E-state index contributed by atoms with van der Waals surface area (Å²) in [5, 5.41) is 0. The summed E-state index contributed by atoms with van der Waals surface area (Å²) in [4.78, 5) is 11.6. The largest absolute Gasteiger partial charge is 0.459 e. The number of nitrogens with two attached hydrogens (primary N) is 2. The Bertz CT molecular complexity index is 237. The van der Waals surface area contributed by atoms with Gasteiger partial charge in [0.2, 0.25) is 0 Å². The van der Waals surface area contributed by atoms with Crippen LogP contribution in [0.15, 0.2) is 0 Å². The van der Waals surface area contributed by atoms with E-state index in [1.807, 2.05) is 20.8 Å².